The molecule has 9 nitrogen and oxygen atoms in total. The molecule has 0 saturated carbocycles. The first-order valence-electron chi connectivity index (χ1n) is 8.62. The van der Waals surface area contributed by atoms with Crippen LogP contribution in [0.15, 0.2) is 35.1 Å². The molecule has 0 unspecified atom stereocenters. The number of hydrogen-bond acceptors (Lipinski definition) is 5. The van der Waals surface area contributed by atoms with Crippen molar-refractivity contribution < 1.29 is 14.7 Å². The van der Waals surface area contributed by atoms with Crippen molar-refractivity contribution in [2.75, 3.05) is 5.32 Å². The quantitative estimate of drug-likeness (QED) is 0.620. The minimum atomic E-state index is -1.20. The van der Waals surface area contributed by atoms with Crippen LogP contribution in [0.1, 0.15) is 44.6 Å². The zero-order chi connectivity index (χ0) is 20.4. The number of aryl methyl sites for hydroxylation is 2. The molecule has 0 aliphatic rings. The van der Waals surface area contributed by atoms with Gasteiger partial charge >= 0.3 is 5.97 Å². The summed E-state index contributed by atoms with van der Waals surface area (Å²) in [4.78, 5) is 43.3. The maximum absolute atomic E-state index is 12.7. The summed E-state index contributed by atoms with van der Waals surface area (Å²) in [6.07, 6.45) is 0.544. The molecule has 0 aliphatic heterocycles. The molecule has 1 amide bonds. The highest BCUT2D eigenvalue weighted by Gasteiger charge is 2.19. The van der Waals surface area contributed by atoms with Gasteiger partial charge in [0.15, 0.2) is 0 Å². The minimum Gasteiger partial charge on any atom is -0.478 e. The van der Waals surface area contributed by atoms with E-state index in [-0.39, 0.29) is 28.5 Å². The number of nitrogens with zero attached hydrogens (tertiary/aromatic N) is 3. The Morgan fingerprint density at radius 2 is 1.89 bits per heavy atom. The van der Waals surface area contributed by atoms with Crippen LogP contribution in [0.4, 0.5) is 5.82 Å². The fourth-order valence-electron chi connectivity index (χ4n) is 2.91. The summed E-state index contributed by atoms with van der Waals surface area (Å²) in [5.41, 5.74) is 1.36. The SMILES string of the molecule is CCc1c(C)nc(-n2nc(C)cc2NC(=O)c2ccccc2C(=O)O)[nH]c1=O. The fourth-order valence-corrected chi connectivity index (χ4v) is 2.91. The van der Waals surface area contributed by atoms with Crippen molar-refractivity contribution in [2.24, 2.45) is 0 Å². The van der Waals surface area contributed by atoms with Gasteiger partial charge in [-0.15, -0.1) is 0 Å². The number of nitrogens with one attached hydrogen (secondary N) is 2. The van der Waals surface area contributed by atoms with Crippen molar-refractivity contribution in [3.05, 3.63) is 68.8 Å². The van der Waals surface area contributed by atoms with E-state index in [4.69, 9.17) is 0 Å². The molecule has 0 aliphatic carbocycles. The van der Waals surface area contributed by atoms with Gasteiger partial charge in [-0.25, -0.2) is 9.78 Å². The topological polar surface area (TPSA) is 130 Å². The van der Waals surface area contributed by atoms with Crippen LogP contribution >= 0.6 is 0 Å². The number of carbonyl (C=O) groups is 2. The van der Waals surface area contributed by atoms with Crippen LogP contribution in [0.2, 0.25) is 0 Å². The molecule has 3 N–H and O–H groups in total. The molecule has 0 spiro atoms. The maximum Gasteiger partial charge on any atom is 0.336 e. The van der Waals surface area contributed by atoms with Crippen molar-refractivity contribution in [1.82, 2.24) is 19.7 Å². The summed E-state index contributed by atoms with van der Waals surface area (Å²) < 4.78 is 1.31. The first-order chi connectivity index (χ1) is 13.3. The Balaban J connectivity index is 2.02. The van der Waals surface area contributed by atoms with Crippen LogP contribution in [0.3, 0.4) is 0 Å². The normalized spacial score (nSPS) is 10.7. The summed E-state index contributed by atoms with van der Waals surface area (Å²) in [6.45, 7) is 5.32. The van der Waals surface area contributed by atoms with Crippen LogP contribution in [-0.4, -0.2) is 36.7 Å². The van der Waals surface area contributed by atoms with E-state index in [1.165, 1.54) is 16.8 Å². The van der Waals surface area contributed by atoms with E-state index in [2.05, 4.69) is 20.4 Å². The van der Waals surface area contributed by atoms with Gasteiger partial charge in [-0.3, -0.25) is 14.6 Å². The van der Waals surface area contributed by atoms with Gasteiger partial charge in [-0.1, -0.05) is 19.1 Å². The van der Waals surface area contributed by atoms with E-state index < -0.39 is 11.9 Å². The van der Waals surface area contributed by atoms with Crippen molar-refractivity contribution in [3.8, 4) is 5.95 Å². The number of hydrogen-bond donors (Lipinski definition) is 3. The number of benzene rings is 1. The molecular weight excluding hydrogens is 362 g/mol. The molecule has 0 radical (unpaired) electrons. The van der Waals surface area contributed by atoms with Crippen molar-refractivity contribution in [2.45, 2.75) is 27.2 Å². The average Bonchev–Trinajstić information content (AvgIpc) is 3.01. The lowest BCUT2D eigenvalue weighted by Gasteiger charge is -2.11. The number of carboxylic acids is 1. The molecule has 0 fully saturated rings. The standard InChI is InChI=1S/C19H19N5O4/c1-4-12-11(3)20-19(22-16(12)25)24-15(9-10(2)23-24)21-17(26)13-7-5-6-8-14(13)18(27)28/h5-9H,4H2,1-3H3,(H,21,26)(H,27,28)(H,20,22,25). The molecule has 3 rings (SSSR count). The Hall–Kier alpha value is -3.75. The van der Waals surface area contributed by atoms with Crippen molar-refractivity contribution in [3.63, 3.8) is 0 Å². The van der Waals surface area contributed by atoms with Crippen LogP contribution in [-0.2, 0) is 6.42 Å². The van der Waals surface area contributed by atoms with E-state index >= 15 is 0 Å². The van der Waals surface area contributed by atoms with Gasteiger partial charge in [0.1, 0.15) is 5.82 Å². The number of anilines is 1. The predicted molar refractivity (Wildman–Crippen MR) is 102 cm³/mol. The van der Waals surface area contributed by atoms with E-state index in [9.17, 15) is 19.5 Å². The number of amides is 1. The Bertz CT molecular complexity index is 1130. The highest BCUT2D eigenvalue weighted by molar-refractivity contribution is 6.10. The van der Waals surface area contributed by atoms with Crippen molar-refractivity contribution >= 4 is 17.7 Å². The van der Waals surface area contributed by atoms with Crippen LogP contribution in [0, 0.1) is 13.8 Å². The second-order valence-corrected chi connectivity index (χ2v) is 6.19. The lowest BCUT2D eigenvalue weighted by Crippen LogP contribution is -2.22. The van der Waals surface area contributed by atoms with Gasteiger partial charge in [-0.2, -0.15) is 9.78 Å². The lowest BCUT2D eigenvalue weighted by atomic mass is 10.1. The van der Waals surface area contributed by atoms with E-state index in [1.807, 2.05) is 6.92 Å². The molecule has 28 heavy (non-hydrogen) atoms. The van der Waals surface area contributed by atoms with Gasteiger partial charge in [0, 0.05) is 17.3 Å². The molecule has 0 atom stereocenters. The number of aromatic nitrogens is 4. The molecule has 9 heteroatoms. The summed E-state index contributed by atoms with van der Waals surface area (Å²) in [5.74, 6) is -1.39. The Kier molecular flexibility index (Phi) is 5.08. The van der Waals surface area contributed by atoms with Gasteiger partial charge in [0.25, 0.3) is 11.5 Å². The van der Waals surface area contributed by atoms with Crippen LogP contribution in [0.5, 0.6) is 0 Å². The molecular formula is C19H19N5O4. The second kappa shape index (κ2) is 7.47. The third kappa shape index (κ3) is 3.54. The van der Waals surface area contributed by atoms with E-state index in [1.54, 1.807) is 32.0 Å². The van der Waals surface area contributed by atoms with E-state index in [0.29, 0.717) is 23.4 Å². The zero-order valence-electron chi connectivity index (χ0n) is 15.6. The summed E-state index contributed by atoms with van der Waals surface area (Å²) in [6, 6.07) is 7.50. The molecule has 0 saturated heterocycles. The predicted octanol–water partition coefficient (Wildman–Crippen LogP) is 2.09. The number of carboxylic acid groups (broad SMARTS) is 1. The Morgan fingerprint density at radius 3 is 2.50 bits per heavy atom. The maximum atomic E-state index is 12.7. The number of aromatic carboxylic acids is 1. The highest BCUT2D eigenvalue weighted by Crippen LogP contribution is 2.17. The first kappa shape index (κ1) is 19.0. The molecule has 2 aromatic heterocycles. The summed E-state index contributed by atoms with van der Waals surface area (Å²) in [5, 5.41) is 16.2. The van der Waals surface area contributed by atoms with Crippen LogP contribution < -0.4 is 10.9 Å². The molecule has 144 valence electrons. The number of H-pyrrole nitrogens is 1. The van der Waals surface area contributed by atoms with E-state index in [0.717, 1.165) is 0 Å². The Labute approximate surface area is 160 Å². The molecule has 2 heterocycles. The lowest BCUT2D eigenvalue weighted by molar-refractivity contribution is 0.0692. The number of rotatable bonds is 5. The third-order valence-corrected chi connectivity index (χ3v) is 4.24. The summed E-state index contributed by atoms with van der Waals surface area (Å²) in [7, 11) is 0. The van der Waals surface area contributed by atoms with Gasteiger partial charge in [-0.05, 0) is 32.4 Å². The summed E-state index contributed by atoms with van der Waals surface area (Å²) >= 11 is 0. The second-order valence-electron chi connectivity index (χ2n) is 6.19. The fraction of sp³-hybridized carbons (Fsp3) is 0.211. The van der Waals surface area contributed by atoms with Gasteiger partial charge in [0.05, 0.1) is 16.8 Å². The van der Waals surface area contributed by atoms with Gasteiger partial charge in [0.2, 0.25) is 5.95 Å². The Morgan fingerprint density at radius 1 is 1.21 bits per heavy atom. The smallest absolute Gasteiger partial charge is 0.336 e. The molecule has 3 aromatic rings. The molecule has 1 aromatic carbocycles. The third-order valence-electron chi connectivity index (χ3n) is 4.24. The largest absolute Gasteiger partial charge is 0.478 e. The number of aromatic amines is 1. The molecule has 0 bridgehead atoms. The minimum absolute atomic E-state index is 0.0133. The zero-order valence-corrected chi connectivity index (χ0v) is 15.6. The number of carbonyl (C=O) groups excluding carboxylic acids is 1. The van der Waals surface area contributed by atoms with Gasteiger partial charge < -0.3 is 10.4 Å². The average molecular weight is 381 g/mol. The highest BCUT2D eigenvalue weighted by atomic mass is 16.4. The van der Waals surface area contributed by atoms with Crippen molar-refractivity contribution in [1.29, 1.82) is 0 Å². The van der Waals surface area contributed by atoms with Crippen LogP contribution in [0.25, 0.3) is 5.95 Å². The monoisotopic (exact) mass is 381 g/mol. The first-order valence-corrected chi connectivity index (χ1v) is 8.62.